The van der Waals surface area contributed by atoms with Crippen LogP contribution in [0.5, 0.6) is 0 Å². The van der Waals surface area contributed by atoms with E-state index >= 15 is 0 Å². The second kappa shape index (κ2) is 7.15. The van der Waals surface area contributed by atoms with Crippen molar-refractivity contribution in [3.63, 3.8) is 0 Å². The van der Waals surface area contributed by atoms with Crippen molar-refractivity contribution in [2.45, 2.75) is 26.3 Å². The van der Waals surface area contributed by atoms with Crippen molar-refractivity contribution < 1.29 is 8.42 Å². The van der Waals surface area contributed by atoms with Crippen molar-refractivity contribution in [2.24, 2.45) is 5.92 Å². The van der Waals surface area contributed by atoms with E-state index in [4.69, 9.17) is 0 Å². The first-order chi connectivity index (χ1) is 9.62. The minimum absolute atomic E-state index is 0.259. The average molecular weight is 297 g/mol. The molecule has 1 saturated heterocycles. The van der Waals surface area contributed by atoms with Crippen LogP contribution in [0, 0.1) is 5.92 Å². The summed E-state index contributed by atoms with van der Waals surface area (Å²) in [5.74, 6) is 0.536. The van der Waals surface area contributed by atoms with Gasteiger partial charge >= 0.3 is 0 Å². The minimum Gasteiger partial charge on any atom is -0.317 e. The number of hydrogen-bond donors (Lipinski definition) is 1. The van der Waals surface area contributed by atoms with Gasteiger partial charge in [0.15, 0.2) is 0 Å². The van der Waals surface area contributed by atoms with Gasteiger partial charge in [0.05, 0.1) is 18.0 Å². The summed E-state index contributed by atoms with van der Waals surface area (Å²) in [6.07, 6.45) is 3.59. The molecule has 0 radical (unpaired) electrons. The third-order valence-electron chi connectivity index (χ3n) is 3.72. The van der Waals surface area contributed by atoms with E-state index in [2.05, 4.69) is 10.3 Å². The first-order valence-corrected chi connectivity index (χ1v) is 8.81. The molecule has 20 heavy (non-hydrogen) atoms. The third kappa shape index (κ3) is 4.26. The Labute approximate surface area is 121 Å². The molecule has 1 aliphatic heterocycles. The van der Waals surface area contributed by atoms with Gasteiger partial charge in [0.25, 0.3) is 0 Å². The number of hydrogen-bond acceptors (Lipinski definition) is 4. The van der Waals surface area contributed by atoms with Crippen molar-refractivity contribution in [1.29, 1.82) is 0 Å². The summed E-state index contributed by atoms with van der Waals surface area (Å²) in [5, 5.41) is 3.27. The van der Waals surface area contributed by atoms with Gasteiger partial charge in [-0.3, -0.25) is 4.98 Å². The molecule has 6 heteroatoms. The first-order valence-electron chi connectivity index (χ1n) is 7.20. The normalized spacial score (nSPS) is 17.5. The van der Waals surface area contributed by atoms with Crippen molar-refractivity contribution in [3.8, 4) is 0 Å². The molecule has 1 fully saturated rings. The summed E-state index contributed by atoms with van der Waals surface area (Å²) in [5.41, 5.74) is 0.795. The van der Waals surface area contributed by atoms with Gasteiger partial charge in [-0.15, -0.1) is 0 Å². The number of nitrogens with one attached hydrogen (secondary N) is 1. The summed E-state index contributed by atoms with van der Waals surface area (Å²) >= 11 is 0. The SMILES string of the molecule is CCN(Cc1ccccn1)S(=O)(=O)CC1CCNCC1. The lowest BCUT2D eigenvalue weighted by Gasteiger charge is -2.26. The predicted molar refractivity (Wildman–Crippen MR) is 79.7 cm³/mol. The zero-order chi connectivity index (χ0) is 14.4. The summed E-state index contributed by atoms with van der Waals surface area (Å²) in [4.78, 5) is 4.21. The van der Waals surface area contributed by atoms with E-state index in [0.717, 1.165) is 31.6 Å². The van der Waals surface area contributed by atoms with Crippen LogP contribution in [0.3, 0.4) is 0 Å². The molecule has 1 aromatic heterocycles. The summed E-state index contributed by atoms with van der Waals surface area (Å²) < 4.78 is 26.6. The second-order valence-corrected chi connectivity index (χ2v) is 7.23. The number of pyridine rings is 1. The quantitative estimate of drug-likeness (QED) is 0.858. The monoisotopic (exact) mass is 297 g/mol. The molecule has 0 aliphatic carbocycles. The van der Waals surface area contributed by atoms with Crippen LogP contribution in [-0.2, 0) is 16.6 Å². The highest BCUT2D eigenvalue weighted by Gasteiger charge is 2.26. The van der Waals surface area contributed by atoms with Gasteiger partial charge in [0.2, 0.25) is 10.0 Å². The Hall–Kier alpha value is -0.980. The fourth-order valence-corrected chi connectivity index (χ4v) is 4.39. The molecule has 1 aromatic rings. The Kier molecular flexibility index (Phi) is 5.51. The van der Waals surface area contributed by atoms with Gasteiger partial charge < -0.3 is 5.32 Å². The van der Waals surface area contributed by atoms with E-state index in [1.807, 2.05) is 25.1 Å². The van der Waals surface area contributed by atoms with Crippen molar-refractivity contribution in [1.82, 2.24) is 14.6 Å². The maximum Gasteiger partial charge on any atom is 0.214 e. The molecule has 112 valence electrons. The summed E-state index contributed by atoms with van der Waals surface area (Å²) in [6, 6.07) is 5.58. The molecule has 0 atom stereocenters. The van der Waals surface area contributed by atoms with Crippen molar-refractivity contribution >= 4 is 10.0 Å². The molecule has 0 bridgehead atoms. The smallest absolute Gasteiger partial charge is 0.214 e. The Balaban J connectivity index is 2.01. The standard InChI is InChI=1S/C14H23N3O2S/c1-2-17(11-14-5-3-4-8-16-14)20(18,19)12-13-6-9-15-10-7-13/h3-5,8,13,15H,2,6-7,9-12H2,1H3. The zero-order valence-corrected chi connectivity index (χ0v) is 12.8. The molecule has 0 unspecified atom stereocenters. The fourth-order valence-electron chi connectivity index (χ4n) is 2.53. The Morgan fingerprint density at radius 3 is 2.70 bits per heavy atom. The fraction of sp³-hybridized carbons (Fsp3) is 0.643. The van der Waals surface area contributed by atoms with Crippen LogP contribution in [0.1, 0.15) is 25.5 Å². The topological polar surface area (TPSA) is 62.3 Å². The molecule has 5 nitrogen and oxygen atoms in total. The molecule has 0 aromatic carbocycles. The molecular formula is C14H23N3O2S. The molecular weight excluding hydrogens is 274 g/mol. The van der Waals surface area contributed by atoms with E-state index in [-0.39, 0.29) is 11.7 Å². The molecule has 2 rings (SSSR count). The lowest BCUT2D eigenvalue weighted by atomic mass is 10.0. The Morgan fingerprint density at radius 1 is 1.35 bits per heavy atom. The van der Waals surface area contributed by atoms with Gasteiger partial charge in [-0.05, 0) is 44.0 Å². The molecule has 1 N–H and O–H groups in total. The maximum atomic E-state index is 12.5. The van der Waals surface area contributed by atoms with E-state index in [1.165, 1.54) is 4.31 Å². The molecule has 0 amide bonds. The van der Waals surface area contributed by atoms with Crippen LogP contribution in [0.25, 0.3) is 0 Å². The summed E-state index contributed by atoms with van der Waals surface area (Å²) in [6.45, 7) is 4.58. The molecule has 0 saturated carbocycles. The van der Waals surface area contributed by atoms with E-state index in [1.54, 1.807) is 6.20 Å². The maximum absolute atomic E-state index is 12.5. The highest BCUT2D eigenvalue weighted by molar-refractivity contribution is 7.89. The van der Waals surface area contributed by atoms with Crippen LogP contribution in [0.4, 0.5) is 0 Å². The molecule has 2 heterocycles. The number of rotatable bonds is 6. The van der Waals surface area contributed by atoms with Crippen LogP contribution in [0.15, 0.2) is 24.4 Å². The Morgan fingerprint density at radius 2 is 2.10 bits per heavy atom. The lowest BCUT2D eigenvalue weighted by molar-refractivity contribution is 0.377. The highest BCUT2D eigenvalue weighted by atomic mass is 32.2. The Bertz CT molecular complexity index is 498. The number of sulfonamides is 1. The first kappa shape index (κ1) is 15.4. The zero-order valence-electron chi connectivity index (χ0n) is 12.0. The van der Waals surface area contributed by atoms with Crippen LogP contribution < -0.4 is 5.32 Å². The number of nitrogens with zero attached hydrogens (tertiary/aromatic N) is 2. The van der Waals surface area contributed by atoms with Crippen LogP contribution in [-0.4, -0.2) is 43.1 Å². The highest BCUT2D eigenvalue weighted by Crippen LogP contribution is 2.17. The summed E-state index contributed by atoms with van der Waals surface area (Å²) in [7, 11) is -3.20. The molecule has 1 aliphatic rings. The third-order valence-corrected chi connectivity index (χ3v) is 5.78. The van der Waals surface area contributed by atoms with Gasteiger partial charge in [-0.1, -0.05) is 13.0 Å². The van der Waals surface area contributed by atoms with Gasteiger partial charge in [0, 0.05) is 12.7 Å². The van der Waals surface area contributed by atoms with E-state index in [0.29, 0.717) is 13.1 Å². The van der Waals surface area contributed by atoms with Crippen LogP contribution >= 0.6 is 0 Å². The number of aromatic nitrogens is 1. The predicted octanol–water partition coefficient (Wildman–Crippen LogP) is 1.23. The second-order valence-electron chi connectivity index (χ2n) is 5.22. The van der Waals surface area contributed by atoms with Crippen molar-refractivity contribution in [2.75, 3.05) is 25.4 Å². The average Bonchev–Trinajstić information content (AvgIpc) is 2.46. The van der Waals surface area contributed by atoms with Gasteiger partial charge in [0.1, 0.15) is 0 Å². The van der Waals surface area contributed by atoms with E-state index in [9.17, 15) is 8.42 Å². The van der Waals surface area contributed by atoms with Gasteiger partial charge in [-0.25, -0.2) is 8.42 Å². The number of piperidine rings is 1. The largest absolute Gasteiger partial charge is 0.317 e. The lowest BCUT2D eigenvalue weighted by Crippen LogP contribution is -2.38. The van der Waals surface area contributed by atoms with E-state index < -0.39 is 10.0 Å². The van der Waals surface area contributed by atoms with Crippen LogP contribution in [0.2, 0.25) is 0 Å². The van der Waals surface area contributed by atoms with Gasteiger partial charge in [-0.2, -0.15) is 4.31 Å². The molecule has 0 spiro atoms. The minimum atomic E-state index is -3.20. The van der Waals surface area contributed by atoms with Crippen molar-refractivity contribution in [3.05, 3.63) is 30.1 Å².